The van der Waals surface area contributed by atoms with Gasteiger partial charge in [-0.1, -0.05) is 18.2 Å². The molecule has 1 aliphatic rings. The van der Waals surface area contributed by atoms with Gasteiger partial charge in [-0.15, -0.1) is 0 Å². The first-order chi connectivity index (χ1) is 14.4. The van der Waals surface area contributed by atoms with Crippen molar-refractivity contribution in [2.75, 3.05) is 26.2 Å². The number of aromatic amines is 1. The molecular formula is C22H24FN3O3S. The average molecular weight is 430 g/mol. The lowest BCUT2D eigenvalue weighted by atomic mass is 10.0. The molecule has 0 spiro atoms. The molecule has 30 heavy (non-hydrogen) atoms. The van der Waals surface area contributed by atoms with E-state index in [1.165, 1.54) is 16.4 Å². The standard InChI is InChI=1S/C22H24FN3O3S/c1-16(22(27)20-15-24-21-6-3-2-5-19(20)21)25-11-4-12-26(14-13-25)30(28,29)18-9-7-17(23)8-10-18/h2-3,5-10,15-16,24H,4,11-14H2,1H3/t16-/m0/s1. The summed E-state index contributed by atoms with van der Waals surface area (Å²) < 4.78 is 40.4. The molecule has 3 aromatic rings. The van der Waals surface area contributed by atoms with Gasteiger partial charge in [0.25, 0.3) is 0 Å². The number of hydrogen-bond donors (Lipinski definition) is 1. The van der Waals surface area contributed by atoms with E-state index in [2.05, 4.69) is 4.98 Å². The highest BCUT2D eigenvalue weighted by molar-refractivity contribution is 7.89. The number of fused-ring (bicyclic) bond motifs is 1. The van der Waals surface area contributed by atoms with E-state index in [0.29, 0.717) is 31.6 Å². The molecule has 2 heterocycles. The molecule has 6 nitrogen and oxygen atoms in total. The Morgan fingerprint density at radius 2 is 1.77 bits per heavy atom. The largest absolute Gasteiger partial charge is 0.360 e. The average Bonchev–Trinajstić information content (AvgIpc) is 3.01. The van der Waals surface area contributed by atoms with Gasteiger partial charge in [0.2, 0.25) is 10.0 Å². The maximum Gasteiger partial charge on any atom is 0.243 e. The second-order valence-corrected chi connectivity index (χ2v) is 9.47. The SMILES string of the molecule is C[C@@H](C(=O)c1c[nH]c2ccccc12)N1CCCN(S(=O)(=O)c2ccc(F)cc2)CC1. The second kappa shape index (κ2) is 8.29. The van der Waals surface area contributed by atoms with Crippen molar-refractivity contribution < 1.29 is 17.6 Å². The number of H-pyrrole nitrogens is 1. The van der Waals surface area contributed by atoms with Crippen LogP contribution in [0.3, 0.4) is 0 Å². The van der Waals surface area contributed by atoms with Crippen LogP contribution in [0, 0.1) is 5.82 Å². The fourth-order valence-corrected chi connectivity index (χ4v) is 5.43. The van der Waals surface area contributed by atoms with Gasteiger partial charge in [-0.2, -0.15) is 4.31 Å². The lowest BCUT2D eigenvalue weighted by Gasteiger charge is -2.26. The van der Waals surface area contributed by atoms with Crippen LogP contribution < -0.4 is 0 Å². The third-order valence-corrected chi connectivity index (χ3v) is 7.64. The zero-order chi connectivity index (χ0) is 21.3. The van der Waals surface area contributed by atoms with Crippen LogP contribution in [0.4, 0.5) is 4.39 Å². The number of Topliss-reactive ketones (excluding diaryl/α,β-unsaturated/α-hetero) is 1. The van der Waals surface area contributed by atoms with E-state index >= 15 is 0 Å². The number of para-hydroxylation sites is 1. The van der Waals surface area contributed by atoms with Crippen LogP contribution >= 0.6 is 0 Å². The highest BCUT2D eigenvalue weighted by Crippen LogP contribution is 2.23. The molecule has 2 aromatic carbocycles. The Bertz CT molecular complexity index is 1160. The Balaban J connectivity index is 1.48. The molecule has 1 aromatic heterocycles. The molecule has 0 radical (unpaired) electrons. The molecule has 1 atom stereocenters. The van der Waals surface area contributed by atoms with Crippen molar-refractivity contribution in [3.63, 3.8) is 0 Å². The Morgan fingerprint density at radius 3 is 2.53 bits per heavy atom. The summed E-state index contributed by atoms with van der Waals surface area (Å²) in [5.74, 6) is -0.456. The summed E-state index contributed by atoms with van der Waals surface area (Å²) in [6.07, 6.45) is 2.36. The third-order valence-electron chi connectivity index (χ3n) is 5.72. The first-order valence-electron chi connectivity index (χ1n) is 9.98. The smallest absolute Gasteiger partial charge is 0.243 e. The zero-order valence-corrected chi connectivity index (χ0v) is 17.5. The minimum absolute atomic E-state index is 0.0160. The van der Waals surface area contributed by atoms with Gasteiger partial charge in [0.1, 0.15) is 5.82 Å². The van der Waals surface area contributed by atoms with E-state index in [1.54, 1.807) is 6.20 Å². The summed E-state index contributed by atoms with van der Waals surface area (Å²) >= 11 is 0. The number of ketones is 1. The highest BCUT2D eigenvalue weighted by Gasteiger charge is 2.30. The van der Waals surface area contributed by atoms with Crippen molar-refractivity contribution in [1.29, 1.82) is 0 Å². The summed E-state index contributed by atoms with van der Waals surface area (Å²) in [5, 5.41) is 0.893. The molecule has 1 aliphatic heterocycles. The summed E-state index contributed by atoms with van der Waals surface area (Å²) in [6.45, 7) is 3.60. The normalized spacial score (nSPS) is 17.7. The molecule has 1 fully saturated rings. The Kier molecular flexibility index (Phi) is 5.73. The van der Waals surface area contributed by atoms with Crippen molar-refractivity contribution in [2.24, 2.45) is 0 Å². The molecule has 1 N–H and O–H groups in total. The number of carbonyl (C=O) groups excluding carboxylic acids is 1. The molecule has 8 heteroatoms. The van der Waals surface area contributed by atoms with Crippen molar-refractivity contribution in [1.82, 2.24) is 14.2 Å². The molecule has 1 saturated heterocycles. The zero-order valence-electron chi connectivity index (χ0n) is 16.7. The molecule has 0 saturated carbocycles. The van der Waals surface area contributed by atoms with Crippen molar-refractivity contribution in [3.8, 4) is 0 Å². The fourth-order valence-electron chi connectivity index (χ4n) is 3.96. The van der Waals surface area contributed by atoms with E-state index in [0.717, 1.165) is 23.0 Å². The van der Waals surface area contributed by atoms with Crippen LogP contribution in [-0.4, -0.2) is 60.6 Å². The number of carbonyl (C=O) groups is 1. The van der Waals surface area contributed by atoms with Gasteiger partial charge in [0, 0.05) is 48.8 Å². The van der Waals surface area contributed by atoms with Crippen LogP contribution in [-0.2, 0) is 10.0 Å². The van der Waals surface area contributed by atoms with Gasteiger partial charge in [-0.3, -0.25) is 9.69 Å². The lowest BCUT2D eigenvalue weighted by Crippen LogP contribution is -2.42. The van der Waals surface area contributed by atoms with Crippen molar-refractivity contribution >= 4 is 26.7 Å². The van der Waals surface area contributed by atoms with E-state index in [1.807, 2.05) is 36.1 Å². The minimum atomic E-state index is -3.69. The van der Waals surface area contributed by atoms with Crippen LogP contribution in [0.5, 0.6) is 0 Å². The number of aromatic nitrogens is 1. The van der Waals surface area contributed by atoms with Crippen molar-refractivity contribution in [2.45, 2.75) is 24.3 Å². The fraction of sp³-hybridized carbons (Fsp3) is 0.318. The van der Waals surface area contributed by atoms with Gasteiger partial charge in [-0.05, 0) is 43.7 Å². The molecular weight excluding hydrogens is 405 g/mol. The van der Waals surface area contributed by atoms with E-state index < -0.39 is 15.8 Å². The van der Waals surface area contributed by atoms with E-state index in [4.69, 9.17) is 0 Å². The first-order valence-corrected chi connectivity index (χ1v) is 11.4. The second-order valence-electron chi connectivity index (χ2n) is 7.54. The van der Waals surface area contributed by atoms with E-state index in [9.17, 15) is 17.6 Å². The molecule has 0 bridgehead atoms. The minimum Gasteiger partial charge on any atom is -0.360 e. The van der Waals surface area contributed by atoms with Crippen LogP contribution in [0.15, 0.2) is 59.6 Å². The van der Waals surface area contributed by atoms with Crippen LogP contribution in [0.2, 0.25) is 0 Å². The maximum atomic E-state index is 13.2. The molecule has 0 unspecified atom stereocenters. The molecule has 0 aliphatic carbocycles. The number of rotatable bonds is 5. The maximum absolute atomic E-state index is 13.2. The van der Waals surface area contributed by atoms with Gasteiger partial charge >= 0.3 is 0 Å². The van der Waals surface area contributed by atoms with Gasteiger partial charge in [0.05, 0.1) is 10.9 Å². The molecule has 158 valence electrons. The Hall–Kier alpha value is -2.55. The third kappa shape index (κ3) is 3.90. The number of nitrogens with zero attached hydrogens (tertiary/aromatic N) is 2. The van der Waals surface area contributed by atoms with Crippen LogP contribution in [0.25, 0.3) is 10.9 Å². The number of sulfonamides is 1. The summed E-state index contributed by atoms with van der Waals surface area (Å²) in [4.78, 5) is 18.4. The summed E-state index contributed by atoms with van der Waals surface area (Å²) in [5.41, 5.74) is 1.57. The summed E-state index contributed by atoms with van der Waals surface area (Å²) in [7, 11) is -3.69. The quantitative estimate of drug-likeness (QED) is 0.632. The number of benzene rings is 2. The van der Waals surface area contributed by atoms with Gasteiger partial charge in [0.15, 0.2) is 5.78 Å². The number of nitrogens with one attached hydrogen (secondary N) is 1. The Labute approximate surface area is 175 Å². The molecule has 0 amide bonds. The number of hydrogen-bond acceptors (Lipinski definition) is 4. The van der Waals surface area contributed by atoms with Gasteiger partial charge in [-0.25, -0.2) is 12.8 Å². The number of halogens is 1. The van der Waals surface area contributed by atoms with E-state index in [-0.39, 0.29) is 23.3 Å². The Morgan fingerprint density at radius 1 is 1.03 bits per heavy atom. The topological polar surface area (TPSA) is 73.5 Å². The summed E-state index contributed by atoms with van der Waals surface area (Å²) in [6, 6.07) is 12.2. The molecule has 4 rings (SSSR count). The highest BCUT2D eigenvalue weighted by atomic mass is 32.2. The predicted molar refractivity (Wildman–Crippen MR) is 113 cm³/mol. The van der Waals surface area contributed by atoms with Gasteiger partial charge < -0.3 is 4.98 Å². The van der Waals surface area contributed by atoms with Crippen molar-refractivity contribution in [3.05, 3.63) is 66.1 Å². The van der Waals surface area contributed by atoms with Crippen LogP contribution in [0.1, 0.15) is 23.7 Å². The lowest BCUT2D eigenvalue weighted by molar-refractivity contribution is 0.0847. The first kappa shape index (κ1) is 20.7. The predicted octanol–water partition coefficient (Wildman–Crippen LogP) is 3.27. The monoisotopic (exact) mass is 429 g/mol.